The summed E-state index contributed by atoms with van der Waals surface area (Å²) in [5.74, 6) is -0.736. The number of ether oxygens (including phenoxy) is 1. The van der Waals surface area contributed by atoms with Gasteiger partial charge in [-0.15, -0.1) is 0 Å². The van der Waals surface area contributed by atoms with Crippen LogP contribution in [0.1, 0.15) is 23.9 Å². The molecule has 0 radical (unpaired) electrons. The van der Waals surface area contributed by atoms with Gasteiger partial charge in [0.2, 0.25) is 0 Å². The van der Waals surface area contributed by atoms with Crippen molar-refractivity contribution in [1.82, 2.24) is 9.78 Å². The number of nitrogens with one attached hydrogen (secondary N) is 1. The van der Waals surface area contributed by atoms with E-state index in [9.17, 15) is 9.90 Å². The topological polar surface area (TPSA) is 88.2 Å². The van der Waals surface area contributed by atoms with Crippen molar-refractivity contribution >= 4 is 11.7 Å². The fourth-order valence-electron chi connectivity index (χ4n) is 1.59. The van der Waals surface area contributed by atoms with Gasteiger partial charge < -0.3 is 9.84 Å². The van der Waals surface area contributed by atoms with Crippen molar-refractivity contribution in [2.24, 2.45) is 7.05 Å². The number of aryl methyl sites for hydroxylation is 2. The fourth-order valence-corrected chi connectivity index (χ4v) is 1.59. The Bertz CT molecular complexity index is 423. The minimum Gasteiger partial charge on any atom is -0.464 e. The van der Waals surface area contributed by atoms with Crippen LogP contribution in [-0.2, 0) is 29.6 Å². The smallest absolute Gasteiger partial charge is 0.358 e. The van der Waals surface area contributed by atoms with Crippen molar-refractivity contribution in [2.45, 2.75) is 20.0 Å². The van der Waals surface area contributed by atoms with E-state index in [2.05, 4.69) is 9.84 Å². The van der Waals surface area contributed by atoms with Crippen LogP contribution in [0.4, 0.5) is 0 Å². The Kier molecular flexibility index (Phi) is 3.78. The molecule has 0 aliphatic heterocycles. The average molecular weight is 225 g/mol. The van der Waals surface area contributed by atoms with Gasteiger partial charge in [-0.3, -0.25) is 10.1 Å². The number of aromatic nitrogens is 2. The van der Waals surface area contributed by atoms with Crippen LogP contribution in [0.25, 0.3) is 0 Å². The number of methoxy groups -OCH3 is 1. The van der Waals surface area contributed by atoms with Gasteiger partial charge in [0, 0.05) is 12.6 Å². The summed E-state index contributed by atoms with van der Waals surface area (Å²) in [6, 6.07) is 0. The van der Waals surface area contributed by atoms with Crippen LogP contribution in [0.3, 0.4) is 0 Å². The molecule has 0 aliphatic rings. The van der Waals surface area contributed by atoms with E-state index in [1.165, 1.54) is 11.8 Å². The molecule has 0 bridgehead atoms. The van der Waals surface area contributed by atoms with Gasteiger partial charge in [-0.25, -0.2) is 4.79 Å². The lowest BCUT2D eigenvalue weighted by Gasteiger charge is -2.04. The molecular weight excluding hydrogens is 210 g/mol. The molecule has 88 valence electrons. The Morgan fingerprint density at radius 3 is 2.69 bits per heavy atom. The Hall–Kier alpha value is -1.69. The second-order valence-corrected chi connectivity index (χ2v) is 3.28. The third kappa shape index (κ3) is 1.96. The van der Waals surface area contributed by atoms with Crippen LogP contribution in [0.15, 0.2) is 0 Å². The van der Waals surface area contributed by atoms with E-state index in [4.69, 9.17) is 5.41 Å². The molecule has 0 aliphatic carbocycles. The first-order valence-electron chi connectivity index (χ1n) is 4.89. The molecule has 16 heavy (non-hydrogen) atoms. The van der Waals surface area contributed by atoms with E-state index in [0.29, 0.717) is 23.4 Å². The number of aliphatic hydroxyl groups excluding tert-OH is 1. The normalized spacial score (nSPS) is 10.2. The van der Waals surface area contributed by atoms with E-state index in [-0.39, 0.29) is 12.3 Å². The van der Waals surface area contributed by atoms with Gasteiger partial charge >= 0.3 is 5.97 Å². The Morgan fingerprint density at radius 1 is 1.62 bits per heavy atom. The number of esters is 1. The van der Waals surface area contributed by atoms with Crippen molar-refractivity contribution in [1.29, 1.82) is 5.41 Å². The molecule has 0 amide bonds. The number of hydrogen-bond acceptors (Lipinski definition) is 5. The fraction of sp³-hybridized carbons (Fsp3) is 0.500. The summed E-state index contributed by atoms with van der Waals surface area (Å²) in [7, 11) is 2.84. The molecule has 1 aromatic rings. The highest BCUT2D eigenvalue weighted by atomic mass is 16.5. The van der Waals surface area contributed by atoms with Crippen LogP contribution >= 0.6 is 0 Å². The van der Waals surface area contributed by atoms with Crippen LogP contribution in [-0.4, -0.2) is 33.7 Å². The molecule has 0 fully saturated rings. The number of carbonyl (C=O) groups excluding carboxylic acids is 1. The lowest BCUT2D eigenvalue weighted by atomic mass is 10.1. The number of rotatable bonds is 4. The van der Waals surface area contributed by atoms with Crippen molar-refractivity contribution in [2.75, 3.05) is 7.11 Å². The highest BCUT2D eigenvalue weighted by Crippen LogP contribution is 2.15. The van der Waals surface area contributed by atoms with Crippen LogP contribution in [0, 0.1) is 5.41 Å². The monoisotopic (exact) mass is 225 g/mol. The highest BCUT2D eigenvalue weighted by molar-refractivity contribution is 6.41. The quantitative estimate of drug-likeness (QED) is 0.558. The van der Waals surface area contributed by atoms with Gasteiger partial charge in [0.15, 0.2) is 5.71 Å². The van der Waals surface area contributed by atoms with Gasteiger partial charge in [0.25, 0.3) is 0 Å². The zero-order valence-corrected chi connectivity index (χ0v) is 9.57. The van der Waals surface area contributed by atoms with Crippen molar-refractivity contribution in [3.05, 3.63) is 17.0 Å². The summed E-state index contributed by atoms with van der Waals surface area (Å²) in [6.45, 7) is 1.65. The third-order valence-electron chi connectivity index (χ3n) is 2.35. The zero-order valence-electron chi connectivity index (χ0n) is 9.57. The zero-order chi connectivity index (χ0) is 12.3. The van der Waals surface area contributed by atoms with E-state index in [1.54, 1.807) is 7.05 Å². The Balaban J connectivity index is 3.27. The molecule has 6 nitrogen and oxygen atoms in total. The largest absolute Gasteiger partial charge is 0.464 e. The second kappa shape index (κ2) is 4.89. The molecule has 0 unspecified atom stereocenters. The number of hydrogen-bond donors (Lipinski definition) is 2. The van der Waals surface area contributed by atoms with E-state index >= 15 is 0 Å². The lowest BCUT2D eigenvalue weighted by molar-refractivity contribution is -0.132. The maximum atomic E-state index is 11.3. The lowest BCUT2D eigenvalue weighted by Crippen LogP contribution is -2.20. The van der Waals surface area contributed by atoms with E-state index in [1.807, 2.05) is 6.92 Å². The summed E-state index contributed by atoms with van der Waals surface area (Å²) in [5, 5.41) is 21.1. The maximum Gasteiger partial charge on any atom is 0.358 e. The minimum atomic E-state index is -0.736. The van der Waals surface area contributed by atoms with Crippen molar-refractivity contribution in [3.63, 3.8) is 0 Å². The molecule has 0 spiro atoms. The van der Waals surface area contributed by atoms with Gasteiger partial charge in [0.05, 0.1) is 25.1 Å². The standard InChI is InChI=1S/C10H15N3O3/c1-4-7-6(5-14)9(13(2)12-7)8(11)10(15)16-3/h11,14H,4-5H2,1-3H3. The van der Waals surface area contributed by atoms with Gasteiger partial charge in [-0.05, 0) is 6.42 Å². The van der Waals surface area contributed by atoms with E-state index < -0.39 is 5.97 Å². The number of nitrogens with zero attached hydrogens (tertiary/aromatic N) is 2. The molecule has 1 rings (SSSR count). The molecule has 0 atom stereocenters. The summed E-state index contributed by atoms with van der Waals surface area (Å²) in [6.07, 6.45) is 0.637. The molecule has 1 heterocycles. The van der Waals surface area contributed by atoms with Crippen LogP contribution in [0.2, 0.25) is 0 Å². The van der Waals surface area contributed by atoms with E-state index in [0.717, 1.165) is 0 Å². The first-order chi connectivity index (χ1) is 7.56. The molecule has 0 aromatic carbocycles. The predicted octanol–water partition coefficient (Wildman–Crippen LogP) is 0.0157. The van der Waals surface area contributed by atoms with Gasteiger partial charge in [0.1, 0.15) is 0 Å². The number of aliphatic hydroxyl groups is 1. The molecular formula is C10H15N3O3. The molecule has 2 N–H and O–H groups in total. The summed E-state index contributed by atoms with van der Waals surface area (Å²) in [5.41, 5.74) is 1.22. The van der Waals surface area contributed by atoms with Crippen LogP contribution in [0.5, 0.6) is 0 Å². The van der Waals surface area contributed by atoms with Crippen molar-refractivity contribution < 1.29 is 14.6 Å². The minimum absolute atomic E-state index is 0.244. The summed E-state index contributed by atoms with van der Waals surface area (Å²) >= 11 is 0. The third-order valence-corrected chi connectivity index (χ3v) is 2.35. The van der Waals surface area contributed by atoms with Crippen LogP contribution < -0.4 is 0 Å². The molecule has 0 saturated carbocycles. The van der Waals surface area contributed by atoms with Gasteiger partial charge in [-0.2, -0.15) is 5.10 Å². The van der Waals surface area contributed by atoms with Gasteiger partial charge in [-0.1, -0.05) is 6.92 Å². The molecule has 0 saturated heterocycles. The summed E-state index contributed by atoms with van der Waals surface area (Å²) < 4.78 is 5.90. The Morgan fingerprint density at radius 2 is 2.25 bits per heavy atom. The first-order valence-corrected chi connectivity index (χ1v) is 4.89. The second-order valence-electron chi connectivity index (χ2n) is 3.28. The Labute approximate surface area is 93.3 Å². The molecule has 1 aromatic heterocycles. The average Bonchev–Trinajstić information content (AvgIpc) is 2.62. The van der Waals surface area contributed by atoms with Crippen molar-refractivity contribution in [3.8, 4) is 0 Å². The predicted molar refractivity (Wildman–Crippen MR) is 57.4 cm³/mol. The first kappa shape index (κ1) is 12.4. The summed E-state index contributed by atoms with van der Waals surface area (Å²) in [4.78, 5) is 11.3. The SMILES string of the molecule is CCc1nn(C)c(C(=N)C(=O)OC)c1CO. The number of carbonyl (C=O) groups is 1. The molecule has 6 heteroatoms. The maximum absolute atomic E-state index is 11.3. The highest BCUT2D eigenvalue weighted by Gasteiger charge is 2.22.